The molecule has 0 aliphatic carbocycles. The number of halogens is 4. The van der Waals surface area contributed by atoms with Crippen molar-refractivity contribution in [2.45, 2.75) is 58.5 Å². The van der Waals surface area contributed by atoms with E-state index in [0.717, 1.165) is 32.7 Å². The first-order valence-corrected chi connectivity index (χ1v) is 17.2. The van der Waals surface area contributed by atoms with Gasteiger partial charge in [-0.15, -0.1) is 0 Å². The number of hydrogen-bond acceptors (Lipinski definition) is 0. The zero-order valence-corrected chi connectivity index (χ0v) is 29.5. The molecule has 6 aromatic carbocycles. The van der Waals surface area contributed by atoms with Crippen LogP contribution in [0.25, 0.3) is 66.1 Å². The normalized spacial score (nSPS) is 12.9. The van der Waals surface area contributed by atoms with Crippen LogP contribution in [0.4, 0.5) is 17.6 Å². The first-order chi connectivity index (χ1) is 24.1. The van der Waals surface area contributed by atoms with E-state index in [9.17, 15) is 0 Å². The van der Waals surface area contributed by atoms with Crippen LogP contribution in [0.2, 0.25) is 0 Å². The van der Waals surface area contributed by atoms with Crippen LogP contribution in [-0.2, 0) is 17.0 Å². The van der Waals surface area contributed by atoms with E-state index in [-0.39, 0.29) is 27.8 Å². The van der Waals surface area contributed by atoms with Gasteiger partial charge in [-0.1, -0.05) is 120 Å². The predicted octanol–water partition coefficient (Wildman–Crippen LogP) is 13.3. The maximum atomic E-state index is 16.1. The molecule has 0 N–H and O–H groups in total. The van der Waals surface area contributed by atoms with Gasteiger partial charge < -0.3 is 9.13 Å². The molecule has 0 aliphatic heterocycles. The molecule has 0 bridgehead atoms. The lowest BCUT2D eigenvalue weighted by atomic mass is 9.86. The van der Waals surface area contributed by atoms with E-state index in [4.69, 9.17) is 0 Å². The number of para-hydroxylation sites is 2. The highest BCUT2D eigenvalue weighted by atomic mass is 19.4. The van der Waals surface area contributed by atoms with Gasteiger partial charge in [-0.3, -0.25) is 0 Å². The average molecular weight is 683 g/mol. The van der Waals surface area contributed by atoms with Gasteiger partial charge in [0.05, 0.1) is 33.4 Å². The Kier molecular flexibility index (Phi) is 7.29. The predicted molar refractivity (Wildman–Crippen MR) is 203 cm³/mol. The topological polar surface area (TPSA) is 9.86 Å². The summed E-state index contributed by atoms with van der Waals surface area (Å²) in [6.07, 6.45) is -4.79. The highest BCUT2D eigenvalue weighted by molar-refractivity contribution is 6.11. The highest BCUT2D eigenvalue weighted by Crippen LogP contribution is 2.47. The van der Waals surface area contributed by atoms with Gasteiger partial charge in [0.25, 0.3) is 0 Å². The first kappa shape index (κ1) is 32.8. The lowest BCUT2D eigenvalue weighted by molar-refractivity contribution is -0.137. The zero-order valence-electron chi connectivity index (χ0n) is 29.5. The molecule has 2 aromatic heterocycles. The van der Waals surface area contributed by atoms with Crippen LogP contribution in [0.5, 0.6) is 0 Å². The molecule has 0 saturated heterocycles. The summed E-state index contributed by atoms with van der Waals surface area (Å²) >= 11 is 0. The van der Waals surface area contributed by atoms with E-state index in [1.165, 1.54) is 18.2 Å². The van der Waals surface area contributed by atoms with Crippen molar-refractivity contribution >= 4 is 43.6 Å². The van der Waals surface area contributed by atoms with Crippen molar-refractivity contribution in [1.82, 2.24) is 9.13 Å². The number of nitrogens with zero attached hydrogens (tertiary/aromatic N) is 2. The molecule has 0 radical (unpaired) electrons. The van der Waals surface area contributed by atoms with Crippen LogP contribution in [0.15, 0.2) is 121 Å². The number of rotatable bonds is 3. The molecule has 0 saturated carbocycles. The van der Waals surface area contributed by atoms with Crippen LogP contribution in [-0.4, -0.2) is 9.13 Å². The maximum Gasteiger partial charge on any atom is 0.420 e. The SMILES string of the molecule is CC(C)(C)c1ccc2c3ccccc3n(-c3cc(-c4ccccc4F)cc(-n4c5ccccc5c5ccc(C(C)(C)C)cc54)c3C(F)(F)F)c2c1. The van der Waals surface area contributed by atoms with Crippen molar-refractivity contribution < 1.29 is 17.6 Å². The number of hydrogen-bond donors (Lipinski definition) is 0. The van der Waals surface area contributed by atoms with Crippen molar-refractivity contribution in [3.63, 3.8) is 0 Å². The standard InChI is InChI=1S/C45H38F4N2/c1-43(2,3)28-19-21-33-31-14-8-11-17-36(31)50(38(33)25-28)40-23-27(30-13-7-10-16-35(30)46)24-41(42(40)45(47,48)49)51-37-18-12-9-15-32(37)34-22-20-29(26-39(34)51)44(4,5)6/h7-26H,1-6H3. The zero-order chi connectivity index (χ0) is 36.0. The Balaban J connectivity index is 1.61. The van der Waals surface area contributed by atoms with E-state index >= 15 is 17.6 Å². The molecule has 0 atom stereocenters. The van der Waals surface area contributed by atoms with E-state index in [1.54, 1.807) is 27.3 Å². The molecular weight excluding hydrogens is 645 g/mol. The molecule has 8 aromatic rings. The van der Waals surface area contributed by atoms with Crippen LogP contribution in [0, 0.1) is 5.82 Å². The third-order valence-corrected chi connectivity index (χ3v) is 10.1. The number of alkyl halides is 3. The quantitative estimate of drug-likeness (QED) is 0.164. The Labute approximate surface area is 294 Å². The van der Waals surface area contributed by atoms with Gasteiger partial charge in [0, 0.05) is 27.1 Å². The Hall–Kier alpha value is -5.36. The van der Waals surface area contributed by atoms with Gasteiger partial charge in [-0.25, -0.2) is 4.39 Å². The second-order valence-electron chi connectivity index (χ2n) is 15.5. The summed E-state index contributed by atoms with van der Waals surface area (Å²) < 4.78 is 67.6. The second kappa shape index (κ2) is 11.3. The second-order valence-corrected chi connectivity index (χ2v) is 15.5. The third-order valence-electron chi connectivity index (χ3n) is 10.1. The summed E-state index contributed by atoms with van der Waals surface area (Å²) in [6, 6.07) is 36.5. The lowest BCUT2D eigenvalue weighted by Gasteiger charge is -2.24. The lowest BCUT2D eigenvalue weighted by Crippen LogP contribution is -2.17. The Morgan fingerprint density at radius 1 is 0.451 bits per heavy atom. The third kappa shape index (κ3) is 5.31. The smallest absolute Gasteiger partial charge is 0.309 e. The minimum atomic E-state index is -4.79. The summed E-state index contributed by atoms with van der Waals surface area (Å²) in [5, 5.41) is 3.36. The van der Waals surface area contributed by atoms with Crippen LogP contribution in [0.3, 0.4) is 0 Å². The Morgan fingerprint density at radius 3 is 1.29 bits per heavy atom. The number of aromatic nitrogens is 2. The minimum absolute atomic E-state index is 0.0616. The fourth-order valence-corrected chi connectivity index (χ4v) is 7.50. The van der Waals surface area contributed by atoms with E-state index in [1.807, 2.05) is 72.8 Å². The molecule has 0 amide bonds. The maximum absolute atomic E-state index is 16.1. The molecule has 0 aliphatic rings. The largest absolute Gasteiger partial charge is 0.420 e. The van der Waals surface area contributed by atoms with Gasteiger partial charge in [0.15, 0.2) is 0 Å². The molecule has 0 unspecified atom stereocenters. The fourth-order valence-electron chi connectivity index (χ4n) is 7.50. The average Bonchev–Trinajstić information content (AvgIpc) is 3.59. The molecule has 256 valence electrons. The Morgan fingerprint density at radius 2 is 0.863 bits per heavy atom. The van der Waals surface area contributed by atoms with Gasteiger partial charge in [0.1, 0.15) is 11.4 Å². The Bertz CT molecular complexity index is 2500. The molecule has 2 nitrogen and oxygen atoms in total. The van der Waals surface area contributed by atoms with Crippen molar-refractivity contribution in [2.24, 2.45) is 0 Å². The molecule has 8 rings (SSSR count). The van der Waals surface area contributed by atoms with Crippen LogP contribution >= 0.6 is 0 Å². The van der Waals surface area contributed by atoms with Crippen LogP contribution in [0.1, 0.15) is 58.2 Å². The van der Waals surface area contributed by atoms with Crippen LogP contribution < -0.4 is 0 Å². The monoisotopic (exact) mass is 682 g/mol. The summed E-state index contributed by atoms with van der Waals surface area (Å²) in [7, 11) is 0. The molecule has 6 heteroatoms. The fraction of sp³-hybridized carbons (Fsp3) is 0.200. The molecule has 2 heterocycles. The van der Waals surface area contributed by atoms with E-state index in [2.05, 4.69) is 53.7 Å². The van der Waals surface area contributed by atoms with Gasteiger partial charge in [-0.2, -0.15) is 13.2 Å². The van der Waals surface area contributed by atoms with Crippen molar-refractivity contribution in [2.75, 3.05) is 0 Å². The summed E-state index contributed by atoms with van der Waals surface area (Å²) in [5.74, 6) is -0.511. The number of benzene rings is 6. The molecular formula is C45H38F4N2. The van der Waals surface area contributed by atoms with Crippen molar-refractivity contribution in [3.8, 4) is 22.5 Å². The van der Waals surface area contributed by atoms with Crippen molar-refractivity contribution in [3.05, 3.63) is 144 Å². The van der Waals surface area contributed by atoms with Gasteiger partial charge in [-0.05, 0) is 70.0 Å². The molecule has 0 fully saturated rings. The summed E-state index contributed by atoms with van der Waals surface area (Å²) in [5.41, 5.74) is 3.72. The highest BCUT2D eigenvalue weighted by Gasteiger charge is 2.40. The summed E-state index contributed by atoms with van der Waals surface area (Å²) in [4.78, 5) is 0. The molecule has 51 heavy (non-hydrogen) atoms. The first-order valence-electron chi connectivity index (χ1n) is 17.2. The molecule has 0 spiro atoms. The van der Waals surface area contributed by atoms with Gasteiger partial charge >= 0.3 is 6.18 Å². The van der Waals surface area contributed by atoms with Crippen molar-refractivity contribution in [1.29, 1.82) is 0 Å². The van der Waals surface area contributed by atoms with E-state index in [0.29, 0.717) is 27.6 Å². The van der Waals surface area contributed by atoms with Gasteiger partial charge in [0.2, 0.25) is 0 Å². The van der Waals surface area contributed by atoms with E-state index < -0.39 is 17.6 Å². The minimum Gasteiger partial charge on any atom is -0.309 e. The number of fused-ring (bicyclic) bond motifs is 6. The summed E-state index contributed by atoms with van der Waals surface area (Å²) in [6.45, 7) is 12.5.